The van der Waals surface area contributed by atoms with Crippen LogP contribution in [-0.4, -0.2) is 38.1 Å². The van der Waals surface area contributed by atoms with Gasteiger partial charge in [-0.05, 0) is 13.0 Å². The van der Waals surface area contributed by atoms with E-state index in [1.165, 1.54) is 30.0 Å². The van der Waals surface area contributed by atoms with E-state index in [0.29, 0.717) is 17.0 Å². The number of non-ortho nitro benzene ring substituents is 1. The summed E-state index contributed by atoms with van der Waals surface area (Å²) in [6.45, 7) is 1.68. The first-order valence-corrected chi connectivity index (χ1v) is 5.88. The summed E-state index contributed by atoms with van der Waals surface area (Å²) in [5.74, 6) is -0.725. The third-order valence-corrected chi connectivity index (χ3v) is 2.98. The average Bonchev–Trinajstić information content (AvgIpc) is 2.80. The standard InChI is InChI=1S/C12H12N4O5/c1-7-11(12(17)18)13-14-15(7)6-8-5-9(16(19)20)3-4-10(8)21-2/h3-5H,6H2,1-2H3,(H,17,18). The minimum atomic E-state index is -1.18. The van der Waals surface area contributed by atoms with Gasteiger partial charge in [-0.3, -0.25) is 10.1 Å². The summed E-state index contributed by atoms with van der Waals surface area (Å²) in [5, 5.41) is 27.1. The zero-order chi connectivity index (χ0) is 15.6. The van der Waals surface area contributed by atoms with Gasteiger partial charge in [0.25, 0.3) is 5.69 Å². The molecule has 0 saturated heterocycles. The Morgan fingerprint density at radius 3 is 2.76 bits per heavy atom. The van der Waals surface area contributed by atoms with E-state index < -0.39 is 10.9 Å². The van der Waals surface area contributed by atoms with E-state index in [4.69, 9.17) is 9.84 Å². The molecular formula is C12H12N4O5. The number of carbonyl (C=O) groups is 1. The molecule has 0 aliphatic rings. The number of aromatic carboxylic acids is 1. The summed E-state index contributed by atoms with van der Waals surface area (Å²) in [6.07, 6.45) is 0. The van der Waals surface area contributed by atoms with Crippen molar-refractivity contribution in [2.45, 2.75) is 13.5 Å². The maximum Gasteiger partial charge on any atom is 0.358 e. The minimum Gasteiger partial charge on any atom is -0.496 e. The monoisotopic (exact) mass is 292 g/mol. The van der Waals surface area contributed by atoms with Gasteiger partial charge in [-0.1, -0.05) is 5.21 Å². The van der Waals surface area contributed by atoms with Gasteiger partial charge in [-0.25, -0.2) is 9.48 Å². The molecule has 0 saturated carbocycles. The number of nitro benzene ring substituents is 1. The zero-order valence-electron chi connectivity index (χ0n) is 11.3. The molecule has 0 bridgehead atoms. The fourth-order valence-corrected chi connectivity index (χ4v) is 1.87. The topological polar surface area (TPSA) is 120 Å². The largest absolute Gasteiger partial charge is 0.496 e. The third kappa shape index (κ3) is 2.81. The lowest BCUT2D eigenvalue weighted by Gasteiger charge is -2.09. The lowest BCUT2D eigenvalue weighted by molar-refractivity contribution is -0.384. The Hall–Kier alpha value is -2.97. The van der Waals surface area contributed by atoms with Gasteiger partial charge in [-0.15, -0.1) is 5.10 Å². The van der Waals surface area contributed by atoms with Gasteiger partial charge in [0.2, 0.25) is 0 Å². The maximum absolute atomic E-state index is 10.9. The van der Waals surface area contributed by atoms with Crippen molar-refractivity contribution in [1.82, 2.24) is 15.0 Å². The number of methoxy groups -OCH3 is 1. The molecule has 1 aromatic carbocycles. The van der Waals surface area contributed by atoms with Gasteiger partial charge in [0.05, 0.1) is 24.3 Å². The predicted octanol–water partition coefficient (Wildman–Crippen LogP) is 1.25. The molecule has 0 amide bonds. The van der Waals surface area contributed by atoms with E-state index in [-0.39, 0.29) is 17.9 Å². The fourth-order valence-electron chi connectivity index (χ4n) is 1.87. The van der Waals surface area contributed by atoms with Crippen LogP contribution in [-0.2, 0) is 6.54 Å². The Bertz CT molecular complexity index is 710. The van der Waals surface area contributed by atoms with Crippen LogP contribution >= 0.6 is 0 Å². The Morgan fingerprint density at radius 2 is 2.24 bits per heavy atom. The van der Waals surface area contributed by atoms with Crippen LogP contribution < -0.4 is 4.74 Å². The summed E-state index contributed by atoms with van der Waals surface area (Å²) in [4.78, 5) is 21.2. The summed E-state index contributed by atoms with van der Waals surface area (Å²) in [5.41, 5.74) is 0.633. The molecule has 21 heavy (non-hydrogen) atoms. The van der Waals surface area contributed by atoms with E-state index in [1.54, 1.807) is 6.92 Å². The number of ether oxygens (including phenoxy) is 1. The summed E-state index contributed by atoms with van der Waals surface area (Å²) in [7, 11) is 1.45. The number of rotatable bonds is 5. The average molecular weight is 292 g/mol. The molecule has 0 fully saturated rings. The molecule has 2 rings (SSSR count). The zero-order valence-corrected chi connectivity index (χ0v) is 11.3. The normalized spacial score (nSPS) is 10.4. The Morgan fingerprint density at radius 1 is 1.52 bits per heavy atom. The Labute approximate surface area is 118 Å². The number of carboxylic acid groups (broad SMARTS) is 1. The van der Waals surface area contributed by atoms with E-state index in [9.17, 15) is 14.9 Å². The van der Waals surface area contributed by atoms with Crippen molar-refractivity contribution >= 4 is 11.7 Å². The van der Waals surface area contributed by atoms with Crippen molar-refractivity contribution in [2.24, 2.45) is 0 Å². The molecule has 0 atom stereocenters. The minimum absolute atomic E-state index is 0.0815. The highest BCUT2D eigenvalue weighted by atomic mass is 16.6. The van der Waals surface area contributed by atoms with Crippen molar-refractivity contribution < 1.29 is 19.6 Å². The van der Waals surface area contributed by atoms with Gasteiger partial charge >= 0.3 is 5.97 Å². The van der Waals surface area contributed by atoms with Crippen molar-refractivity contribution in [1.29, 1.82) is 0 Å². The summed E-state index contributed by atoms with van der Waals surface area (Å²) < 4.78 is 6.50. The maximum atomic E-state index is 10.9. The van der Waals surface area contributed by atoms with Crippen molar-refractivity contribution in [3.05, 3.63) is 45.3 Å². The van der Waals surface area contributed by atoms with Gasteiger partial charge in [0.15, 0.2) is 5.69 Å². The first-order chi connectivity index (χ1) is 9.93. The molecule has 1 heterocycles. The quantitative estimate of drug-likeness (QED) is 0.650. The van der Waals surface area contributed by atoms with E-state index in [0.717, 1.165) is 0 Å². The number of benzene rings is 1. The smallest absolute Gasteiger partial charge is 0.358 e. The summed E-state index contributed by atoms with van der Waals surface area (Å²) in [6, 6.07) is 4.18. The van der Waals surface area contributed by atoms with Crippen LogP contribution in [0.3, 0.4) is 0 Å². The SMILES string of the molecule is COc1ccc([N+](=O)[O-])cc1Cn1nnc(C(=O)O)c1C. The molecule has 9 heteroatoms. The van der Waals surface area contributed by atoms with Crippen LogP contribution in [0.15, 0.2) is 18.2 Å². The molecule has 0 unspecified atom stereocenters. The molecule has 1 N–H and O–H groups in total. The first kappa shape index (κ1) is 14.4. The molecule has 0 radical (unpaired) electrons. The Kier molecular flexibility index (Phi) is 3.83. The summed E-state index contributed by atoms with van der Waals surface area (Å²) >= 11 is 0. The number of hydrogen-bond acceptors (Lipinski definition) is 6. The number of carboxylic acids is 1. The molecule has 0 aliphatic carbocycles. The highest BCUT2D eigenvalue weighted by molar-refractivity contribution is 5.86. The van der Waals surface area contributed by atoms with Crippen LogP contribution in [0.5, 0.6) is 5.75 Å². The van der Waals surface area contributed by atoms with E-state index in [1.807, 2.05) is 0 Å². The molecule has 1 aromatic heterocycles. The van der Waals surface area contributed by atoms with Crippen LogP contribution in [0.1, 0.15) is 21.7 Å². The van der Waals surface area contributed by atoms with Gasteiger partial charge in [-0.2, -0.15) is 0 Å². The molecule has 9 nitrogen and oxygen atoms in total. The van der Waals surface area contributed by atoms with Gasteiger partial charge in [0, 0.05) is 17.7 Å². The van der Waals surface area contributed by atoms with Crippen LogP contribution in [0.4, 0.5) is 5.69 Å². The van der Waals surface area contributed by atoms with Crippen molar-refractivity contribution in [3.63, 3.8) is 0 Å². The number of nitrogens with zero attached hydrogens (tertiary/aromatic N) is 4. The van der Waals surface area contributed by atoms with Crippen molar-refractivity contribution in [3.8, 4) is 5.75 Å². The predicted molar refractivity (Wildman–Crippen MR) is 70.5 cm³/mol. The highest BCUT2D eigenvalue weighted by Crippen LogP contribution is 2.25. The molecule has 2 aromatic rings. The lowest BCUT2D eigenvalue weighted by Crippen LogP contribution is -2.07. The first-order valence-electron chi connectivity index (χ1n) is 5.88. The number of nitro groups is 1. The molecule has 0 aliphatic heterocycles. The molecule has 110 valence electrons. The highest BCUT2D eigenvalue weighted by Gasteiger charge is 2.17. The molecular weight excluding hydrogens is 280 g/mol. The molecule has 0 spiro atoms. The van der Waals surface area contributed by atoms with Crippen LogP contribution in [0.25, 0.3) is 0 Å². The van der Waals surface area contributed by atoms with E-state index in [2.05, 4.69) is 10.3 Å². The lowest BCUT2D eigenvalue weighted by atomic mass is 10.1. The second kappa shape index (κ2) is 5.57. The van der Waals surface area contributed by atoms with Crippen molar-refractivity contribution in [2.75, 3.05) is 7.11 Å². The Balaban J connectivity index is 2.40. The van der Waals surface area contributed by atoms with Crippen LogP contribution in [0, 0.1) is 17.0 Å². The third-order valence-electron chi connectivity index (χ3n) is 2.98. The van der Waals surface area contributed by atoms with Gasteiger partial charge < -0.3 is 9.84 Å². The number of hydrogen-bond donors (Lipinski definition) is 1. The fraction of sp³-hybridized carbons (Fsp3) is 0.250. The second-order valence-electron chi connectivity index (χ2n) is 4.24. The van der Waals surface area contributed by atoms with Crippen LogP contribution in [0.2, 0.25) is 0 Å². The van der Waals surface area contributed by atoms with E-state index >= 15 is 0 Å². The van der Waals surface area contributed by atoms with Gasteiger partial charge in [0.1, 0.15) is 5.75 Å². The second-order valence-corrected chi connectivity index (χ2v) is 4.24. The number of aromatic nitrogens is 3.